The van der Waals surface area contributed by atoms with Crippen LogP contribution in [0.1, 0.15) is 0 Å². The first kappa shape index (κ1) is 11.7. The molecule has 0 saturated heterocycles. The van der Waals surface area contributed by atoms with Gasteiger partial charge in [-0.25, -0.2) is 4.79 Å². The topological polar surface area (TPSA) is 55.7 Å². The molecule has 0 aliphatic rings. The van der Waals surface area contributed by atoms with Crippen LogP contribution >= 0.6 is 23.2 Å². The third kappa shape index (κ3) is 3.36. The summed E-state index contributed by atoms with van der Waals surface area (Å²) in [6.07, 6.45) is 1.11. The lowest BCUT2D eigenvalue weighted by Gasteiger charge is -2.06. The average molecular weight is 246 g/mol. The summed E-state index contributed by atoms with van der Waals surface area (Å²) in [5.41, 5.74) is 0. The molecule has 0 aliphatic heterocycles. The number of nitrogens with zero attached hydrogens (tertiary/aromatic N) is 1. The van der Waals surface area contributed by atoms with E-state index in [2.05, 4.69) is 4.99 Å². The Morgan fingerprint density at radius 3 is 2.53 bits per heavy atom. The number of rotatable bonds is 3. The molecule has 1 rings (SSSR count). The number of aliphatic imine (C=N–C) groups is 1. The highest BCUT2D eigenvalue weighted by atomic mass is 35.5. The maximum atomic E-state index is 10.8. The molecule has 4 nitrogen and oxygen atoms in total. The minimum atomic E-state index is -0.749. The molecule has 0 aromatic heterocycles. The van der Waals surface area contributed by atoms with E-state index >= 15 is 0 Å². The van der Waals surface area contributed by atoms with Gasteiger partial charge in [-0.3, -0.25) is 4.79 Å². The van der Waals surface area contributed by atoms with Crippen molar-refractivity contribution in [1.29, 1.82) is 0 Å². The molecule has 0 fully saturated rings. The van der Waals surface area contributed by atoms with Gasteiger partial charge in [-0.1, -0.05) is 29.3 Å². The van der Waals surface area contributed by atoms with Gasteiger partial charge in [0.25, 0.3) is 5.91 Å². The van der Waals surface area contributed by atoms with E-state index in [1.807, 2.05) is 0 Å². The summed E-state index contributed by atoms with van der Waals surface area (Å²) in [4.78, 5) is 23.4. The number of hydrogen-bond donors (Lipinski definition) is 0. The SMILES string of the molecule is O=C=NC(=O)COc1c(Cl)cccc1Cl. The van der Waals surface area contributed by atoms with Gasteiger partial charge in [-0.05, 0) is 12.1 Å². The largest absolute Gasteiger partial charge is 0.481 e. The van der Waals surface area contributed by atoms with Crippen LogP contribution in [0.25, 0.3) is 0 Å². The fraction of sp³-hybridized carbons (Fsp3) is 0.111. The zero-order valence-electron chi connectivity index (χ0n) is 7.37. The lowest BCUT2D eigenvalue weighted by Crippen LogP contribution is -2.08. The first-order valence-electron chi connectivity index (χ1n) is 3.82. The summed E-state index contributed by atoms with van der Waals surface area (Å²) >= 11 is 11.5. The van der Waals surface area contributed by atoms with Gasteiger partial charge < -0.3 is 4.74 Å². The number of para-hydroxylation sites is 1. The van der Waals surface area contributed by atoms with E-state index in [9.17, 15) is 9.59 Å². The standard InChI is InChI=1S/C9H5Cl2NO3/c10-6-2-1-3-7(11)9(6)15-4-8(14)12-5-13/h1-3H,4H2. The molecule has 0 N–H and O–H groups in total. The van der Waals surface area contributed by atoms with Crippen LogP contribution < -0.4 is 4.74 Å². The van der Waals surface area contributed by atoms with Crippen molar-refractivity contribution in [1.82, 2.24) is 0 Å². The van der Waals surface area contributed by atoms with E-state index in [-0.39, 0.29) is 15.8 Å². The molecule has 1 aromatic rings. The number of isocyanates is 1. The van der Waals surface area contributed by atoms with Crippen molar-refractivity contribution in [3.63, 3.8) is 0 Å². The molecule has 1 amide bonds. The highest BCUT2D eigenvalue weighted by molar-refractivity contribution is 6.37. The van der Waals surface area contributed by atoms with Crippen molar-refractivity contribution in [3.05, 3.63) is 28.2 Å². The van der Waals surface area contributed by atoms with Crippen LogP contribution in [-0.2, 0) is 9.59 Å². The van der Waals surface area contributed by atoms with E-state index < -0.39 is 12.5 Å². The molecule has 78 valence electrons. The molecule has 0 bridgehead atoms. The van der Waals surface area contributed by atoms with Crippen LogP contribution in [0.3, 0.4) is 0 Å². The van der Waals surface area contributed by atoms with Crippen molar-refractivity contribution in [2.75, 3.05) is 6.61 Å². The Morgan fingerprint density at radius 2 is 2.00 bits per heavy atom. The summed E-state index contributed by atoms with van der Waals surface area (Å²) in [6, 6.07) is 4.77. The minimum absolute atomic E-state index is 0.190. The summed E-state index contributed by atoms with van der Waals surface area (Å²) < 4.78 is 5.00. The number of ether oxygens (including phenoxy) is 1. The molecule has 0 saturated carbocycles. The second-order valence-electron chi connectivity index (χ2n) is 2.44. The second kappa shape index (κ2) is 5.51. The summed E-state index contributed by atoms with van der Waals surface area (Å²) in [5.74, 6) is -0.559. The molecule has 0 spiro atoms. The molecule has 0 atom stereocenters. The molecule has 0 radical (unpaired) electrons. The van der Waals surface area contributed by atoms with E-state index in [1.54, 1.807) is 18.2 Å². The van der Waals surface area contributed by atoms with E-state index in [1.165, 1.54) is 0 Å². The number of benzene rings is 1. The van der Waals surface area contributed by atoms with E-state index in [4.69, 9.17) is 27.9 Å². The molecule has 0 aliphatic carbocycles. The zero-order valence-corrected chi connectivity index (χ0v) is 8.88. The Labute approximate surface area is 95.5 Å². The zero-order chi connectivity index (χ0) is 11.3. The number of carbonyl (C=O) groups excluding carboxylic acids is 2. The number of carbonyl (C=O) groups is 1. The Morgan fingerprint density at radius 1 is 1.40 bits per heavy atom. The van der Waals surface area contributed by atoms with Crippen LogP contribution in [0.5, 0.6) is 5.75 Å². The molecule has 0 unspecified atom stereocenters. The van der Waals surface area contributed by atoms with Gasteiger partial charge in [0.2, 0.25) is 6.08 Å². The maximum Gasteiger partial charge on any atom is 0.294 e. The maximum absolute atomic E-state index is 10.8. The van der Waals surface area contributed by atoms with Gasteiger partial charge in [0.1, 0.15) is 0 Å². The number of halogens is 2. The molecular weight excluding hydrogens is 241 g/mol. The molecule has 1 aromatic carbocycles. The van der Waals surface area contributed by atoms with Gasteiger partial charge >= 0.3 is 0 Å². The second-order valence-corrected chi connectivity index (χ2v) is 3.25. The summed E-state index contributed by atoms with van der Waals surface area (Å²) in [5, 5.41) is 0.566. The first-order chi connectivity index (χ1) is 7.15. The fourth-order valence-corrected chi connectivity index (χ4v) is 1.34. The van der Waals surface area contributed by atoms with Gasteiger partial charge in [0.05, 0.1) is 10.0 Å². The van der Waals surface area contributed by atoms with Gasteiger partial charge in [-0.2, -0.15) is 0 Å². The third-order valence-corrected chi connectivity index (χ3v) is 2.02. The Balaban J connectivity index is 2.73. The van der Waals surface area contributed by atoms with Crippen LogP contribution in [0.2, 0.25) is 10.0 Å². The van der Waals surface area contributed by atoms with Crippen LogP contribution in [0, 0.1) is 0 Å². The fourth-order valence-electron chi connectivity index (χ4n) is 0.838. The molecule has 0 heterocycles. The van der Waals surface area contributed by atoms with Gasteiger partial charge in [-0.15, -0.1) is 4.99 Å². The Kier molecular flexibility index (Phi) is 4.31. The Hall–Kier alpha value is -1.35. The third-order valence-electron chi connectivity index (χ3n) is 1.43. The van der Waals surface area contributed by atoms with E-state index in [0.29, 0.717) is 0 Å². The van der Waals surface area contributed by atoms with Crippen molar-refractivity contribution in [2.45, 2.75) is 0 Å². The molecule has 6 heteroatoms. The lowest BCUT2D eigenvalue weighted by atomic mass is 10.3. The van der Waals surface area contributed by atoms with Crippen molar-refractivity contribution < 1.29 is 14.3 Å². The first-order valence-corrected chi connectivity index (χ1v) is 4.58. The average Bonchev–Trinajstić information content (AvgIpc) is 2.17. The molecular formula is C9H5Cl2NO3. The van der Waals surface area contributed by atoms with Crippen molar-refractivity contribution >= 4 is 35.2 Å². The monoisotopic (exact) mass is 245 g/mol. The summed E-state index contributed by atoms with van der Waals surface area (Å²) in [6.45, 7) is -0.404. The van der Waals surface area contributed by atoms with Crippen LogP contribution in [-0.4, -0.2) is 18.6 Å². The van der Waals surface area contributed by atoms with Crippen molar-refractivity contribution in [2.24, 2.45) is 4.99 Å². The summed E-state index contributed by atoms with van der Waals surface area (Å²) in [7, 11) is 0. The Bertz CT molecular complexity index is 407. The molecule has 15 heavy (non-hydrogen) atoms. The predicted octanol–water partition coefficient (Wildman–Crippen LogP) is 2.23. The number of amides is 1. The normalized spacial score (nSPS) is 9.20. The number of hydrogen-bond acceptors (Lipinski definition) is 3. The van der Waals surface area contributed by atoms with Crippen molar-refractivity contribution in [3.8, 4) is 5.75 Å². The smallest absolute Gasteiger partial charge is 0.294 e. The highest BCUT2D eigenvalue weighted by Gasteiger charge is 2.08. The van der Waals surface area contributed by atoms with Crippen LogP contribution in [0.4, 0.5) is 0 Å². The van der Waals surface area contributed by atoms with E-state index in [0.717, 1.165) is 6.08 Å². The van der Waals surface area contributed by atoms with Crippen LogP contribution in [0.15, 0.2) is 23.2 Å². The highest BCUT2D eigenvalue weighted by Crippen LogP contribution is 2.32. The lowest BCUT2D eigenvalue weighted by molar-refractivity contribution is -0.119. The van der Waals surface area contributed by atoms with Gasteiger partial charge in [0, 0.05) is 0 Å². The minimum Gasteiger partial charge on any atom is -0.481 e. The quantitative estimate of drug-likeness (QED) is 0.607. The predicted molar refractivity (Wildman–Crippen MR) is 55.1 cm³/mol. The van der Waals surface area contributed by atoms with Gasteiger partial charge in [0.15, 0.2) is 12.4 Å².